The summed E-state index contributed by atoms with van der Waals surface area (Å²) >= 11 is 1.38. The Labute approximate surface area is 117 Å². The van der Waals surface area contributed by atoms with Crippen molar-refractivity contribution >= 4 is 11.8 Å². The quantitative estimate of drug-likeness (QED) is 0.858. The van der Waals surface area contributed by atoms with E-state index >= 15 is 0 Å². The molecule has 0 aromatic carbocycles. The Morgan fingerprint density at radius 3 is 2.11 bits per heavy atom. The number of nitrogens with two attached hydrogens (primary N) is 1. The van der Waals surface area contributed by atoms with Gasteiger partial charge in [0.1, 0.15) is 0 Å². The molecule has 100 valence electrons. The number of hydrogen-bond donors (Lipinski definition) is 1. The fraction of sp³-hybridized carbons (Fsp3) is 0.385. The highest BCUT2D eigenvalue weighted by atomic mass is 32.2. The van der Waals surface area contributed by atoms with Crippen molar-refractivity contribution in [3.05, 3.63) is 34.9 Å². The van der Waals surface area contributed by atoms with Gasteiger partial charge in [-0.2, -0.15) is 0 Å². The molecule has 2 heterocycles. The van der Waals surface area contributed by atoms with Crippen LogP contribution in [0.1, 0.15) is 22.5 Å². The third kappa shape index (κ3) is 3.48. The number of hydrogen-bond acceptors (Lipinski definition) is 6. The highest BCUT2D eigenvalue weighted by Crippen LogP contribution is 2.22. The minimum atomic E-state index is 0.606. The second-order valence-corrected chi connectivity index (χ2v) is 5.25. The van der Waals surface area contributed by atoms with Gasteiger partial charge in [-0.1, -0.05) is 0 Å². The molecule has 19 heavy (non-hydrogen) atoms. The zero-order valence-corrected chi connectivity index (χ0v) is 12.2. The van der Waals surface area contributed by atoms with Gasteiger partial charge in [0.05, 0.1) is 0 Å². The van der Waals surface area contributed by atoms with E-state index in [4.69, 9.17) is 5.73 Å². The zero-order chi connectivity index (χ0) is 13.8. The zero-order valence-electron chi connectivity index (χ0n) is 11.3. The maximum atomic E-state index is 5.49. The van der Waals surface area contributed by atoms with Gasteiger partial charge in [0.15, 0.2) is 10.3 Å². The lowest BCUT2D eigenvalue weighted by Crippen LogP contribution is -2.04. The molecule has 2 aromatic rings. The molecule has 0 unspecified atom stereocenters. The Morgan fingerprint density at radius 1 is 1.00 bits per heavy atom. The lowest BCUT2D eigenvalue weighted by atomic mass is 10.2. The van der Waals surface area contributed by atoms with Gasteiger partial charge in [0.25, 0.3) is 0 Å². The van der Waals surface area contributed by atoms with Gasteiger partial charge in [-0.3, -0.25) is 0 Å². The molecular weight excluding hydrogens is 258 g/mol. The first-order valence-corrected chi connectivity index (χ1v) is 6.92. The second kappa shape index (κ2) is 6.08. The number of aromatic nitrogens is 4. The minimum absolute atomic E-state index is 0.606. The second-order valence-electron chi connectivity index (χ2n) is 4.32. The highest BCUT2D eigenvalue weighted by Gasteiger charge is 2.08. The largest absolute Gasteiger partial charge is 0.330 e. The molecule has 0 saturated carbocycles. The van der Waals surface area contributed by atoms with Crippen molar-refractivity contribution in [3.8, 4) is 0 Å². The van der Waals surface area contributed by atoms with Gasteiger partial charge in [-0.25, -0.2) is 19.9 Å². The van der Waals surface area contributed by atoms with E-state index < -0.39 is 0 Å². The average Bonchev–Trinajstić information content (AvgIpc) is 2.38. The SMILES string of the molecule is Cc1nc(Sc2ncc(CCN)cn2)nc(C)c1C. The van der Waals surface area contributed by atoms with Crippen molar-refractivity contribution in [2.75, 3.05) is 6.54 Å². The van der Waals surface area contributed by atoms with E-state index in [1.807, 2.05) is 20.8 Å². The summed E-state index contributed by atoms with van der Waals surface area (Å²) in [5, 5.41) is 1.34. The normalized spacial score (nSPS) is 10.7. The number of nitrogens with zero attached hydrogens (tertiary/aromatic N) is 4. The van der Waals surface area contributed by atoms with Crippen LogP contribution in [0.3, 0.4) is 0 Å². The van der Waals surface area contributed by atoms with Crippen LogP contribution < -0.4 is 5.73 Å². The van der Waals surface area contributed by atoms with Crippen molar-refractivity contribution < 1.29 is 0 Å². The summed E-state index contributed by atoms with van der Waals surface area (Å²) < 4.78 is 0. The summed E-state index contributed by atoms with van der Waals surface area (Å²) in [4.78, 5) is 17.5. The molecule has 0 aliphatic carbocycles. The van der Waals surface area contributed by atoms with Crippen LogP contribution in [0.4, 0.5) is 0 Å². The fourth-order valence-corrected chi connectivity index (χ4v) is 2.30. The van der Waals surface area contributed by atoms with Crippen LogP contribution in [0.2, 0.25) is 0 Å². The van der Waals surface area contributed by atoms with Gasteiger partial charge < -0.3 is 5.73 Å². The molecule has 0 spiro atoms. The Morgan fingerprint density at radius 2 is 1.58 bits per heavy atom. The lowest BCUT2D eigenvalue weighted by Gasteiger charge is -2.06. The molecule has 2 aromatic heterocycles. The predicted molar refractivity (Wildman–Crippen MR) is 75.2 cm³/mol. The molecule has 0 aliphatic heterocycles. The summed E-state index contributed by atoms with van der Waals surface area (Å²) in [6.07, 6.45) is 4.40. The summed E-state index contributed by atoms with van der Waals surface area (Å²) in [6.45, 7) is 6.60. The topological polar surface area (TPSA) is 77.6 Å². The smallest absolute Gasteiger partial charge is 0.195 e. The minimum Gasteiger partial charge on any atom is -0.330 e. The molecule has 0 amide bonds. The van der Waals surface area contributed by atoms with E-state index in [-0.39, 0.29) is 0 Å². The van der Waals surface area contributed by atoms with E-state index in [9.17, 15) is 0 Å². The first-order valence-electron chi connectivity index (χ1n) is 6.11. The Kier molecular flexibility index (Phi) is 4.44. The van der Waals surface area contributed by atoms with Crippen LogP contribution in [0.15, 0.2) is 22.7 Å². The van der Waals surface area contributed by atoms with Gasteiger partial charge in [0.2, 0.25) is 0 Å². The fourth-order valence-electron chi connectivity index (χ4n) is 1.56. The molecular formula is C13H17N5S. The van der Waals surface area contributed by atoms with Crippen molar-refractivity contribution in [3.63, 3.8) is 0 Å². The molecule has 2 N–H and O–H groups in total. The van der Waals surface area contributed by atoms with Gasteiger partial charge in [-0.05, 0) is 56.6 Å². The van der Waals surface area contributed by atoms with Crippen LogP contribution in [0.25, 0.3) is 0 Å². The van der Waals surface area contributed by atoms with Gasteiger partial charge in [-0.15, -0.1) is 0 Å². The van der Waals surface area contributed by atoms with E-state index in [0.717, 1.165) is 28.9 Å². The third-order valence-electron chi connectivity index (χ3n) is 2.91. The monoisotopic (exact) mass is 275 g/mol. The van der Waals surface area contributed by atoms with Crippen molar-refractivity contribution in [1.82, 2.24) is 19.9 Å². The highest BCUT2D eigenvalue weighted by molar-refractivity contribution is 7.99. The van der Waals surface area contributed by atoms with Crippen molar-refractivity contribution in [1.29, 1.82) is 0 Å². The van der Waals surface area contributed by atoms with Gasteiger partial charge >= 0.3 is 0 Å². The van der Waals surface area contributed by atoms with E-state index in [1.165, 1.54) is 11.8 Å². The molecule has 0 fully saturated rings. The van der Waals surface area contributed by atoms with Crippen LogP contribution in [0.5, 0.6) is 0 Å². The molecule has 5 nitrogen and oxygen atoms in total. The molecule has 0 radical (unpaired) electrons. The van der Waals surface area contributed by atoms with Crippen molar-refractivity contribution in [2.24, 2.45) is 5.73 Å². The van der Waals surface area contributed by atoms with Crippen LogP contribution in [0, 0.1) is 20.8 Å². The first kappa shape index (κ1) is 13.9. The maximum Gasteiger partial charge on any atom is 0.195 e. The summed E-state index contributed by atoms with van der Waals surface area (Å²) in [5.41, 5.74) is 9.65. The Hall–Kier alpha value is -1.53. The molecule has 6 heteroatoms. The number of rotatable bonds is 4. The van der Waals surface area contributed by atoms with Crippen LogP contribution in [-0.2, 0) is 6.42 Å². The molecule has 0 atom stereocenters. The average molecular weight is 275 g/mol. The Balaban J connectivity index is 2.17. The van der Waals surface area contributed by atoms with E-state index in [0.29, 0.717) is 16.9 Å². The van der Waals surface area contributed by atoms with Crippen LogP contribution >= 0.6 is 11.8 Å². The van der Waals surface area contributed by atoms with Gasteiger partial charge in [0, 0.05) is 23.8 Å². The molecule has 0 aliphatic rings. The standard InChI is InChI=1S/C13H17N5S/c1-8-9(2)17-13(18-10(8)3)19-12-15-6-11(4-5-14)7-16-12/h6-7H,4-5,14H2,1-3H3. The third-order valence-corrected chi connectivity index (χ3v) is 3.67. The van der Waals surface area contributed by atoms with Crippen molar-refractivity contribution in [2.45, 2.75) is 37.5 Å². The predicted octanol–water partition coefficient (Wildman–Crippen LogP) is 1.84. The summed E-state index contributed by atoms with van der Waals surface area (Å²) in [6, 6.07) is 0. The molecule has 2 rings (SSSR count). The summed E-state index contributed by atoms with van der Waals surface area (Å²) in [7, 11) is 0. The van der Waals surface area contributed by atoms with Crippen LogP contribution in [-0.4, -0.2) is 26.5 Å². The summed E-state index contributed by atoms with van der Waals surface area (Å²) in [5.74, 6) is 0. The lowest BCUT2D eigenvalue weighted by molar-refractivity contribution is 0.859. The van der Waals surface area contributed by atoms with E-state index in [1.54, 1.807) is 12.4 Å². The first-order chi connectivity index (χ1) is 9.10. The molecule has 0 bridgehead atoms. The van der Waals surface area contributed by atoms with E-state index in [2.05, 4.69) is 19.9 Å². The maximum absolute atomic E-state index is 5.49. The Bertz CT molecular complexity index is 545. The molecule has 0 saturated heterocycles. The number of aryl methyl sites for hydroxylation is 2.